The van der Waals surface area contributed by atoms with Gasteiger partial charge in [0.15, 0.2) is 5.82 Å². The van der Waals surface area contributed by atoms with Crippen LogP contribution in [0.15, 0.2) is 75.6 Å². The average molecular weight is 665 g/mol. The summed E-state index contributed by atoms with van der Waals surface area (Å²) < 4.78 is 16.1. The monoisotopic (exact) mass is 664 g/mol. The van der Waals surface area contributed by atoms with E-state index < -0.39 is 11.1 Å². The lowest BCUT2D eigenvalue weighted by molar-refractivity contribution is -0.0138. The zero-order valence-electron chi connectivity index (χ0n) is 29.8. The minimum atomic E-state index is -0.575. The molecule has 2 aliphatic heterocycles. The van der Waals surface area contributed by atoms with Crippen molar-refractivity contribution in [2.24, 2.45) is 4.99 Å². The number of fused-ring (bicyclic) bond motifs is 8. The van der Waals surface area contributed by atoms with E-state index in [4.69, 9.17) is 24.4 Å². The van der Waals surface area contributed by atoms with Crippen molar-refractivity contribution < 1.29 is 9.47 Å². The summed E-state index contributed by atoms with van der Waals surface area (Å²) in [5.41, 5.74) is 10.9. The lowest BCUT2D eigenvalue weighted by atomic mass is 9.70. The van der Waals surface area contributed by atoms with Crippen LogP contribution in [0, 0.1) is 41.5 Å². The first-order valence-electron chi connectivity index (χ1n) is 17.0. The van der Waals surface area contributed by atoms with E-state index in [9.17, 15) is 0 Å². The van der Waals surface area contributed by atoms with Gasteiger partial charge in [-0.1, -0.05) is 43.3 Å². The van der Waals surface area contributed by atoms with E-state index in [0.29, 0.717) is 11.6 Å². The van der Waals surface area contributed by atoms with Gasteiger partial charge in [0.1, 0.15) is 22.6 Å². The number of benzene rings is 3. The van der Waals surface area contributed by atoms with Crippen LogP contribution in [0.25, 0.3) is 27.6 Å². The molecule has 0 unspecified atom stereocenters. The van der Waals surface area contributed by atoms with Gasteiger partial charge in [-0.3, -0.25) is 9.55 Å². The number of hydrogen-bond acceptors (Lipinski definition) is 6. The minimum absolute atomic E-state index is 0.260. The second kappa shape index (κ2) is 9.75. The number of nitrogens with zero attached hydrogens (tertiary/aromatic N) is 4. The summed E-state index contributed by atoms with van der Waals surface area (Å²) in [4.78, 5) is 17.6. The van der Waals surface area contributed by atoms with Gasteiger partial charge in [0, 0.05) is 33.3 Å². The SMILES string of the molecule is Cc1cc(C)c2c(c1)[C@@]1(C)N=C(c3cc(Oc4cc5c(cc4C)c4cc(C)cc6c4n5-c4ncccc4S6)c(C)nc3C)O[C@@]1(C)C2(C)C. The zero-order valence-corrected chi connectivity index (χ0v) is 30.6. The predicted octanol–water partition coefficient (Wildman–Crippen LogP) is 10.4. The summed E-state index contributed by atoms with van der Waals surface area (Å²) >= 11 is 1.79. The van der Waals surface area contributed by atoms with Crippen molar-refractivity contribution in [1.29, 1.82) is 0 Å². The Bertz CT molecular complexity index is 2510. The van der Waals surface area contributed by atoms with Gasteiger partial charge in [-0.05, 0) is 120 Å². The van der Waals surface area contributed by atoms with Crippen molar-refractivity contribution in [3.8, 4) is 17.3 Å². The maximum atomic E-state index is 7.03. The Morgan fingerprint density at radius 2 is 1.55 bits per heavy atom. The maximum Gasteiger partial charge on any atom is 0.219 e. The lowest BCUT2D eigenvalue weighted by Crippen LogP contribution is -2.51. The van der Waals surface area contributed by atoms with Crippen LogP contribution in [0.3, 0.4) is 0 Å². The van der Waals surface area contributed by atoms with Gasteiger partial charge in [0.25, 0.3) is 0 Å². The highest BCUT2D eigenvalue weighted by Gasteiger charge is 2.68. The molecule has 7 heteroatoms. The quantitative estimate of drug-likeness (QED) is 0.188. The normalized spacial score (nSPS) is 21.4. The van der Waals surface area contributed by atoms with E-state index in [0.717, 1.165) is 44.5 Å². The molecule has 0 spiro atoms. The van der Waals surface area contributed by atoms with Crippen molar-refractivity contribution in [2.75, 3.05) is 0 Å². The molecule has 6 aromatic rings. The first kappa shape index (κ1) is 30.4. The molecule has 0 amide bonds. The van der Waals surface area contributed by atoms with Gasteiger partial charge in [-0.25, -0.2) is 9.98 Å². The molecule has 0 saturated heterocycles. The third-order valence-corrected chi connectivity index (χ3v) is 12.7. The second-order valence-corrected chi connectivity index (χ2v) is 16.2. The van der Waals surface area contributed by atoms with Crippen LogP contribution in [0.1, 0.15) is 78.0 Å². The Morgan fingerprint density at radius 3 is 2.35 bits per heavy atom. The van der Waals surface area contributed by atoms with Gasteiger partial charge in [0.05, 0.1) is 32.9 Å². The van der Waals surface area contributed by atoms with Gasteiger partial charge in [-0.2, -0.15) is 0 Å². The molecule has 6 nitrogen and oxygen atoms in total. The third-order valence-electron chi connectivity index (χ3n) is 11.6. The van der Waals surface area contributed by atoms with Crippen LogP contribution in [0.2, 0.25) is 0 Å². The Hall–Kier alpha value is -4.62. The van der Waals surface area contributed by atoms with Crippen molar-refractivity contribution in [2.45, 2.75) is 95.6 Å². The maximum absolute atomic E-state index is 7.03. The van der Waals surface area contributed by atoms with E-state index in [2.05, 4.69) is 108 Å². The molecular formula is C42H40N4O2S. The molecule has 2 atom stereocenters. The molecule has 0 radical (unpaired) electrons. The molecule has 3 aromatic heterocycles. The fourth-order valence-corrected chi connectivity index (χ4v) is 10.1. The highest BCUT2D eigenvalue weighted by Crippen LogP contribution is 2.62. The van der Waals surface area contributed by atoms with Crippen LogP contribution in [-0.4, -0.2) is 26.0 Å². The molecule has 5 heterocycles. The smallest absolute Gasteiger partial charge is 0.219 e. The summed E-state index contributed by atoms with van der Waals surface area (Å²) in [5, 5.41) is 2.43. The highest BCUT2D eigenvalue weighted by molar-refractivity contribution is 7.99. The fourth-order valence-electron chi connectivity index (χ4n) is 8.89. The van der Waals surface area contributed by atoms with Gasteiger partial charge < -0.3 is 9.47 Å². The van der Waals surface area contributed by atoms with Crippen LogP contribution < -0.4 is 4.74 Å². The van der Waals surface area contributed by atoms with Crippen LogP contribution in [0.4, 0.5) is 0 Å². The molecule has 1 aliphatic carbocycles. The molecule has 0 N–H and O–H groups in total. The molecule has 0 saturated carbocycles. The Labute approximate surface area is 291 Å². The minimum Gasteiger partial charge on any atom is -0.467 e. The predicted molar refractivity (Wildman–Crippen MR) is 198 cm³/mol. The van der Waals surface area contributed by atoms with Crippen LogP contribution in [0.5, 0.6) is 11.5 Å². The topological polar surface area (TPSA) is 61.5 Å². The summed E-state index contributed by atoms with van der Waals surface area (Å²) in [6, 6.07) is 19.8. The molecule has 0 fully saturated rings. The average Bonchev–Trinajstić information content (AvgIpc) is 3.54. The largest absolute Gasteiger partial charge is 0.467 e. The van der Waals surface area contributed by atoms with E-state index in [-0.39, 0.29) is 5.41 Å². The van der Waals surface area contributed by atoms with Gasteiger partial charge >= 0.3 is 0 Å². The number of rotatable bonds is 3. The molecule has 3 aromatic carbocycles. The number of aryl methyl sites for hydroxylation is 6. The standard InChI is InChI=1S/C42H40N4O2S/c1-21-14-24(4)36-30(16-21)41(9)42(10,40(36,7)8)48-39(45-41)27-19-33(26(6)44-25(27)5)47-32-20-31-28(18-23(32)3)29-15-22(2)17-35-37(29)46(31)38-34(49-35)12-11-13-43-38/h11-20H,1-10H3/t41-,42+/m1/s1. The molecule has 246 valence electrons. The lowest BCUT2D eigenvalue weighted by Gasteiger charge is -2.41. The molecule has 3 aliphatic rings. The second-order valence-electron chi connectivity index (χ2n) is 15.1. The first-order chi connectivity index (χ1) is 23.2. The number of aliphatic imine (C=N–C) groups is 1. The molecular weight excluding hydrogens is 625 g/mol. The Balaban J connectivity index is 1.17. The van der Waals surface area contributed by atoms with Crippen molar-refractivity contribution >= 4 is 39.5 Å². The first-order valence-corrected chi connectivity index (χ1v) is 17.8. The van der Waals surface area contributed by atoms with Crippen molar-refractivity contribution in [1.82, 2.24) is 14.5 Å². The Morgan fingerprint density at radius 1 is 0.776 bits per heavy atom. The number of hydrogen-bond donors (Lipinski definition) is 0. The summed E-state index contributed by atoms with van der Waals surface area (Å²) in [6.45, 7) is 21.7. The van der Waals surface area contributed by atoms with E-state index in [1.165, 1.54) is 49.0 Å². The van der Waals surface area contributed by atoms with Crippen LogP contribution >= 0.6 is 11.8 Å². The number of ether oxygens (including phenoxy) is 2. The number of pyridine rings is 2. The van der Waals surface area contributed by atoms with Crippen LogP contribution in [-0.2, 0) is 15.7 Å². The molecule has 9 rings (SSSR count). The molecule has 0 bridgehead atoms. The van der Waals surface area contributed by atoms with E-state index in [1.54, 1.807) is 11.8 Å². The molecule has 49 heavy (non-hydrogen) atoms. The van der Waals surface area contributed by atoms with E-state index >= 15 is 0 Å². The number of aromatic nitrogens is 3. The zero-order chi connectivity index (χ0) is 34.4. The highest BCUT2D eigenvalue weighted by atomic mass is 32.2. The van der Waals surface area contributed by atoms with Gasteiger partial charge in [-0.15, -0.1) is 0 Å². The van der Waals surface area contributed by atoms with Gasteiger partial charge in [0.2, 0.25) is 5.90 Å². The van der Waals surface area contributed by atoms with Crippen molar-refractivity contribution in [3.05, 3.63) is 111 Å². The Kier molecular flexibility index (Phi) is 6.06. The summed E-state index contributed by atoms with van der Waals surface area (Å²) in [7, 11) is 0. The summed E-state index contributed by atoms with van der Waals surface area (Å²) in [5.74, 6) is 3.04. The van der Waals surface area contributed by atoms with Crippen molar-refractivity contribution in [3.63, 3.8) is 0 Å². The van der Waals surface area contributed by atoms with E-state index in [1.807, 2.05) is 26.1 Å². The fraction of sp³-hybridized carbons (Fsp3) is 0.310. The third kappa shape index (κ3) is 3.88. The summed E-state index contributed by atoms with van der Waals surface area (Å²) in [6.07, 6.45) is 1.87.